The molecule has 1 atom stereocenters. The third kappa shape index (κ3) is 4.48. The molecule has 0 aromatic carbocycles. The van der Waals surface area contributed by atoms with Crippen LogP contribution in [0.2, 0.25) is 0 Å². The second kappa shape index (κ2) is 8.12. The second-order valence-corrected chi connectivity index (χ2v) is 4.89. The van der Waals surface area contributed by atoms with Gasteiger partial charge >= 0.3 is 0 Å². The number of hydrogen-bond acceptors (Lipinski definition) is 4. The van der Waals surface area contributed by atoms with Gasteiger partial charge in [0.25, 0.3) is 0 Å². The topological polar surface area (TPSA) is 51.4 Å². The fourth-order valence-electron chi connectivity index (χ4n) is 2.28. The lowest BCUT2D eigenvalue weighted by Crippen LogP contribution is -2.37. The molecule has 0 saturated carbocycles. The lowest BCUT2D eigenvalue weighted by atomic mass is 10.1. The molecule has 1 aromatic rings. The zero-order valence-electron chi connectivity index (χ0n) is 12.6. The minimum Gasteiger partial charge on any atom is -0.383 e. The lowest BCUT2D eigenvalue weighted by Gasteiger charge is -2.32. The number of rotatable bonds is 8. The Morgan fingerprint density at radius 3 is 2.42 bits per heavy atom. The van der Waals surface area contributed by atoms with Gasteiger partial charge in [0.1, 0.15) is 0 Å². The lowest BCUT2D eigenvalue weighted by molar-refractivity contribution is 0.202. The summed E-state index contributed by atoms with van der Waals surface area (Å²) in [5, 5.41) is 0. The van der Waals surface area contributed by atoms with E-state index in [0.717, 1.165) is 37.4 Å². The maximum absolute atomic E-state index is 5.84. The number of anilines is 1. The van der Waals surface area contributed by atoms with Crippen molar-refractivity contribution in [2.24, 2.45) is 5.73 Å². The SMILES string of the molecule is CCC(CC)N(CCOC)c1ccc([C@H](C)N)nc1. The molecule has 4 nitrogen and oxygen atoms in total. The van der Waals surface area contributed by atoms with Gasteiger partial charge in [-0.05, 0) is 31.9 Å². The van der Waals surface area contributed by atoms with Gasteiger partial charge in [0.15, 0.2) is 0 Å². The smallest absolute Gasteiger partial charge is 0.0637 e. The van der Waals surface area contributed by atoms with Crippen LogP contribution >= 0.6 is 0 Å². The van der Waals surface area contributed by atoms with Gasteiger partial charge in [-0.25, -0.2) is 0 Å². The molecule has 19 heavy (non-hydrogen) atoms. The summed E-state index contributed by atoms with van der Waals surface area (Å²) < 4.78 is 5.21. The fraction of sp³-hybridized carbons (Fsp3) is 0.667. The molecule has 0 aliphatic rings. The molecule has 108 valence electrons. The number of nitrogens with zero attached hydrogens (tertiary/aromatic N) is 2. The number of nitrogens with two attached hydrogens (primary N) is 1. The fourth-order valence-corrected chi connectivity index (χ4v) is 2.28. The van der Waals surface area contributed by atoms with Gasteiger partial charge in [0.05, 0.1) is 24.2 Å². The van der Waals surface area contributed by atoms with E-state index in [1.807, 2.05) is 19.2 Å². The first-order chi connectivity index (χ1) is 9.13. The highest BCUT2D eigenvalue weighted by atomic mass is 16.5. The third-order valence-electron chi connectivity index (χ3n) is 3.49. The van der Waals surface area contributed by atoms with Crippen molar-refractivity contribution in [2.45, 2.75) is 45.7 Å². The predicted octanol–water partition coefficient (Wildman–Crippen LogP) is 2.74. The Bertz CT molecular complexity index is 347. The van der Waals surface area contributed by atoms with E-state index in [2.05, 4.69) is 29.8 Å². The van der Waals surface area contributed by atoms with E-state index in [-0.39, 0.29) is 6.04 Å². The van der Waals surface area contributed by atoms with Crippen molar-refractivity contribution in [1.82, 2.24) is 4.98 Å². The van der Waals surface area contributed by atoms with Gasteiger partial charge in [-0.2, -0.15) is 0 Å². The largest absolute Gasteiger partial charge is 0.383 e. The van der Waals surface area contributed by atoms with Crippen LogP contribution in [0, 0.1) is 0 Å². The van der Waals surface area contributed by atoms with E-state index in [4.69, 9.17) is 10.5 Å². The van der Waals surface area contributed by atoms with Crippen LogP contribution in [0.5, 0.6) is 0 Å². The summed E-state index contributed by atoms with van der Waals surface area (Å²) in [5.74, 6) is 0. The molecule has 0 amide bonds. The molecule has 0 saturated heterocycles. The van der Waals surface area contributed by atoms with Gasteiger partial charge in [0, 0.05) is 25.7 Å². The molecule has 1 rings (SSSR count). The Balaban J connectivity index is 2.89. The van der Waals surface area contributed by atoms with Crippen molar-refractivity contribution in [1.29, 1.82) is 0 Å². The van der Waals surface area contributed by atoms with Gasteiger partial charge in [-0.15, -0.1) is 0 Å². The standard InChI is InChI=1S/C15H27N3O/c1-5-13(6-2)18(9-10-19-4)14-7-8-15(12(3)16)17-11-14/h7-8,11-13H,5-6,9-10,16H2,1-4H3/t12-/m0/s1. The van der Waals surface area contributed by atoms with E-state index >= 15 is 0 Å². The molecule has 0 aliphatic carbocycles. The first-order valence-electron chi connectivity index (χ1n) is 7.11. The molecule has 0 aliphatic heterocycles. The molecule has 0 unspecified atom stereocenters. The molecule has 2 N–H and O–H groups in total. The Morgan fingerprint density at radius 1 is 1.32 bits per heavy atom. The summed E-state index contributed by atoms with van der Waals surface area (Å²) in [4.78, 5) is 6.83. The third-order valence-corrected chi connectivity index (χ3v) is 3.49. The summed E-state index contributed by atoms with van der Waals surface area (Å²) in [7, 11) is 1.74. The van der Waals surface area contributed by atoms with Crippen molar-refractivity contribution in [3.63, 3.8) is 0 Å². The summed E-state index contributed by atoms with van der Waals surface area (Å²) in [6, 6.07) is 4.63. The number of methoxy groups -OCH3 is 1. The Labute approximate surface area is 117 Å². The highest BCUT2D eigenvalue weighted by molar-refractivity contribution is 5.46. The molecule has 0 bridgehead atoms. The van der Waals surface area contributed by atoms with Crippen molar-refractivity contribution >= 4 is 5.69 Å². The molecule has 0 spiro atoms. The minimum atomic E-state index is -0.0189. The first kappa shape index (κ1) is 15.9. The van der Waals surface area contributed by atoms with E-state index in [1.54, 1.807) is 7.11 Å². The molecular formula is C15H27N3O. The summed E-state index contributed by atoms with van der Waals surface area (Å²) in [6.07, 6.45) is 4.16. The van der Waals surface area contributed by atoms with Crippen LogP contribution in [0.1, 0.15) is 45.3 Å². The highest BCUT2D eigenvalue weighted by Gasteiger charge is 2.16. The molecule has 1 heterocycles. The molecular weight excluding hydrogens is 238 g/mol. The van der Waals surface area contributed by atoms with E-state index in [9.17, 15) is 0 Å². The van der Waals surface area contributed by atoms with Crippen molar-refractivity contribution in [3.05, 3.63) is 24.0 Å². The summed E-state index contributed by atoms with van der Waals surface area (Å²) >= 11 is 0. The predicted molar refractivity (Wildman–Crippen MR) is 80.4 cm³/mol. The Kier molecular flexibility index (Phi) is 6.81. The van der Waals surface area contributed by atoms with Crippen LogP contribution in [0.25, 0.3) is 0 Å². The van der Waals surface area contributed by atoms with Gasteiger partial charge in [0.2, 0.25) is 0 Å². The highest BCUT2D eigenvalue weighted by Crippen LogP contribution is 2.20. The van der Waals surface area contributed by atoms with Crippen LogP contribution in [-0.2, 0) is 4.74 Å². The molecule has 4 heteroatoms. The Morgan fingerprint density at radius 2 is 2.00 bits per heavy atom. The van der Waals surface area contributed by atoms with E-state index in [1.165, 1.54) is 0 Å². The van der Waals surface area contributed by atoms with Crippen LogP contribution < -0.4 is 10.6 Å². The summed E-state index contributed by atoms with van der Waals surface area (Å²) in [6.45, 7) is 8.01. The van der Waals surface area contributed by atoms with Crippen LogP contribution in [0.3, 0.4) is 0 Å². The zero-order valence-corrected chi connectivity index (χ0v) is 12.6. The molecule has 0 radical (unpaired) electrons. The van der Waals surface area contributed by atoms with Crippen molar-refractivity contribution in [3.8, 4) is 0 Å². The second-order valence-electron chi connectivity index (χ2n) is 4.89. The normalized spacial score (nSPS) is 12.7. The van der Waals surface area contributed by atoms with Gasteiger partial charge in [-0.3, -0.25) is 4.98 Å². The monoisotopic (exact) mass is 265 g/mol. The van der Waals surface area contributed by atoms with Crippen LogP contribution in [0.4, 0.5) is 5.69 Å². The number of pyridine rings is 1. The summed E-state index contributed by atoms with van der Waals surface area (Å²) in [5.41, 5.74) is 7.91. The number of hydrogen-bond donors (Lipinski definition) is 1. The molecule has 1 aromatic heterocycles. The van der Waals surface area contributed by atoms with E-state index < -0.39 is 0 Å². The van der Waals surface area contributed by atoms with Crippen LogP contribution in [0.15, 0.2) is 18.3 Å². The maximum atomic E-state index is 5.84. The Hall–Kier alpha value is -1.13. The van der Waals surface area contributed by atoms with Crippen molar-refractivity contribution in [2.75, 3.05) is 25.2 Å². The quantitative estimate of drug-likeness (QED) is 0.785. The first-order valence-corrected chi connectivity index (χ1v) is 7.11. The number of aromatic nitrogens is 1. The van der Waals surface area contributed by atoms with Gasteiger partial charge in [-0.1, -0.05) is 13.8 Å². The average molecular weight is 265 g/mol. The maximum Gasteiger partial charge on any atom is 0.0637 e. The van der Waals surface area contributed by atoms with E-state index in [0.29, 0.717) is 6.04 Å². The molecule has 0 fully saturated rings. The van der Waals surface area contributed by atoms with Crippen LogP contribution in [-0.4, -0.2) is 31.3 Å². The van der Waals surface area contributed by atoms with Crippen molar-refractivity contribution < 1.29 is 4.74 Å². The van der Waals surface area contributed by atoms with Gasteiger partial charge < -0.3 is 15.4 Å². The number of ether oxygens (including phenoxy) is 1. The average Bonchev–Trinajstić information content (AvgIpc) is 2.43. The minimum absolute atomic E-state index is 0.0189. The zero-order chi connectivity index (χ0) is 14.3.